The SMILES string of the molecule is Cc1ccc(Oc2cncc(CNC3CC3)n2)cc1F. The van der Waals surface area contributed by atoms with Gasteiger partial charge in [-0.15, -0.1) is 0 Å². The molecule has 2 aromatic rings. The Kier molecular flexibility index (Phi) is 3.60. The van der Waals surface area contributed by atoms with E-state index in [4.69, 9.17) is 4.74 Å². The second kappa shape index (κ2) is 5.54. The minimum atomic E-state index is -0.290. The smallest absolute Gasteiger partial charge is 0.238 e. The quantitative estimate of drug-likeness (QED) is 0.909. The molecule has 0 unspecified atom stereocenters. The van der Waals surface area contributed by atoms with Gasteiger partial charge >= 0.3 is 0 Å². The lowest BCUT2D eigenvalue weighted by atomic mass is 10.2. The number of aryl methyl sites for hydroxylation is 1. The van der Waals surface area contributed by atoms with Crippen molar-refractivity contribution in [3.8, 4) is 11.6 Å². The highest BCUT2D eigenvalue weighted by Crippen LogP contribution is 2.22. The lowest BCUT2D eigenvalue weighted by molar-refractivity contribution is 0.451. The fraction of sp³-hybridized carbons (Fsp3) is 0.333. The molecule has 0 spiro atoms. The van der Waals surface area contributed by atoms with E-state index in [0.29, 0.717) is 29.8 Å². The van der Waals surface area contributed by atoms with Crippen molar-refractivity contribution in [3.05, 3.63) is 47.7 Å². The van der Waals surface area contributed by atoms with E-state index in [1.807, 2.05) is 0 Å². The number of hydrogen-bond donors (Lipinski definition) is 1. The van der Waals surface area contributed by atoms with Gasteiger partial charge in [-0.05, 0) is 31.4 Å². The predicted octanol–water partition coefficient (Wildman–Crippen LogP) is 2.97. The molecule has 4 nitrogen and oxygen atoms in total. The van der Waals surface area contributed by atoms with E-state index in [0.717, 1.165) is 5.69 Å². The van der Waals surface area contributed by atoms with Gasteiger partial charge in [0.05, 0.1) is 11.9 Å². The van der Waals surface area contributed by atoms with Crippen LogP contribution < -0.4 is 10.1 Å². The molecule has 1 aromatic heterocycles. The number of ether oxygens (including phenoxy) is 1. The van der Waals surface area contributed by atoms with Gasteiger partial charge in [0, 0.05) is 24.8 Å². The molecule has 0 saturated heterocycles. The van der Waals surface area contributed by atoms with E-state index in [1.54, 1.807) is 25.3 Å². The van der Waals surface area contributed by atoms with Crippen molar-refractivity contribution >= 4 is 0 Å². The lowest BCUT2D eigenvalue weighted by Crippen LogP contribution is -2.16. The summed E-state index contributed by atoms with van der Waals surface area (Å²) in [5.41, 5.74) is 1.41. The topological polar surface area (TPSA) is 47.0 Å². The van der Waals surface area contributed by atoms with Crippen molar-refractivity contribution in [2.75, 3.05) is 0 Å². The first-order chi connectivity index (χ1) is 9.70. The van der Waals surface area contributed by atoms with Crippen LogP contribution in [-0.2, 0) is 6.54 Å². The average Bonchev–Trinajstić information content (AvgIpc) is 3.25. The Bertz CT molecular complexity index is 614. The van der Waals surface area contributed by atoms with Crippen molar-refractivity contribution in [3.63, 3.8) is 0 Å². The number of rotatable bonds is 5. The molecule has 0 radical (unpaired) electrons. The second-order valence-corrected chi connectivity index (χ2v) is 5.02. The third-order valence-electron chi connectivity index (χ3n) is 3.18. The number of hydrogen-bond acceptors (Lipinski definition) is 4. The van der Waals surface area contributed by atoms with Gasteiger partial charge in [0.2, 0.25) is 5.88 Å². The Morgan fingerprint density at radius 3 is 2.95 bits per heavy atom. The minimum Gasteiger partial charge on any atom is -0.437 e. The molecule has 1 aliphatic rings. The first kappa shape index (κ1) is 13.0. The van der Waals surface area contributed by atoms with E-state index >= 15 is 0 Å². The van der Waals surface area contributed by atoms with E-state index < -0.39 is 0 Å². The molecule has 1 aliphatic carbocycles. The molecule has 1 N–H and O–H groups in total. The van der Waals surface area contributed by atoms with Crippen molar-refractivity contribution in [1.82, 2.24) is 15.3 Å². The Labute approximate surface area is 117 Å². The first-order valence-corrected chi connectivity index (χ1v) is 6.69. The van der Waals surface area contributed by atoms with Crippen LogP contribution in [0.25, 0.3) is 0 Å². The van der Waals surface area contributed by atoms with Gasteiger partial charge < -0.3 is 10.1 Å². The molecule has 3 rings (SSSR count). The zero-order chi connectivity index (χ0) is 13.9. The summed E-state index contributed by atoms with van der Waals surface area (Å²) in [5, 5.41) is 3.36. The zero-order valence-corrected chi connectivity index (χ0v) is 11.3. The molecule has 5 heteroatoms. The summed E-state index contributed by atoms with van der Waals surface area (Å²) in [5.74, 6) is 0.514. The molecule has 0 amide bonds. The monoisotopic (exact) mass is 273 g/mol. The highest BCUT2D eigenvalue weighted by Gasteiger charge is 2.20. The zero-order valence-electron chi connectivity index (χ0n) is 11.3. The van der Waals surface area contributed by atoms with Crippen molar-refractivity contribution < 1.29 is 9.13 Å². The maximum atomic E-state index is 13.5. The lowest BCUT2D eigenvalue weighted by Gasteiger charge is -2.07. The van der Waals surface area contributed by atoms with Crippen LogP contribution >= 0.6 is 0 Å². The Morgan fingerprint density at radius 1 is 1.35 bits per heavy atom. The number of aromatic nitrogens is 2. The van der Waals surface area contributed by atoms with Crippen LogP contribution in [0.5, 0.6) is 11.6 Å². The van der Waals surface area contributed by atoms with E-state index in [-0.39, 0.29) is 5.82 Å². The largest absolute Gasteiger partial charge is 0.437 e. The summed E-state index contributed by atoms with van der Waals surface area (Å²) in [6, 6.07) is 5.37. The summed E-state index contributed by atoms with van der Waals surface area (Å²) >= 11 is 0. The molecule has 1 aromatic carbocycles. The van der Waals surface area contributed by atoms with Gasteiger partial charge in [-0.1, -0.05) is 6.07 Å². The van der Waals surface area contributed by atoms with Crippen LogP contribution in [0.1, 0.15) is 24.1 Å². The van der Waals surface area contributed by atoms with Crippen molar-refractivity contribution in [2.24, 2.45) is 0 Å². The summed E-state index contributed by atoms with van der Waals surface area (Å²) in [6.07, 6.45) is 5.69. The van der Waals surface area contributed by atoms with E-state index in [1.165, 1.54) is 25.1 Å². The number of benzene rings is 1. The predicted molar refractivity (Wildman–Crippen MR) is 73.1 cm³/mol. The van der Waals surface area contributed by atoms with Gasteiger partial charge in [0.15, 0.2) is 0 Å². The molecule has 1 saturated carbocycles. The third-order valence-corrected chi connectivity index (χ3v) is 3.18. The highest BCUT2D eigenvalue weighted by molar-refractivity contribution is 5.30. The van der Waals surface area contributed by atoms with Gasteiger partial charge in [0.1, 0.15) is 11.6 Å². The molecule has 1 fully saturated rings. The average molecular weight is 273 g/mol. The molecule has 1 heterocycles. The fourth-order valence-electron chi connectivity index (χ4n) is 1.81. The van der Waals surface area contributed by atoms with E-state index in [2.05, 4.69) is 15.3 Å². The van der Waals surface area contributed by atoms with Crippen molar-refractivity contribution in [1.29, 1.82) is 0 Å². The second-order valence-electron chi connectivity index (χ2n) is 5.02. The minimum absolute atomic E-state index is 0.290. The molecule has 0 atom stereocenters. The van der Waals surface area contributed by atoms with Gasteiger partial charge in [-0.2, -0.15) is 0 Å². The van der Waals surface area contributed by atoms with Gasteiger partial charge in [-0.3, -0.25) is 4.98 Å². The standard InChI is InChI=1S/C15H16FN3O/c1-10-2-5-13(6-14(10)16)20-15-9-17-7-12(19-15)8-18-11-3-4-11/h2,5-7,9,11,18H,3-4,8H2,1H3. The van der Waals surface area contributed by atoms with Crippen LogP contribution in [0.4, 0.5) is 4.39 Å². The Hall–Kier alpha value is -2.01. The molecular weight excluding hydrogens is 257 g/mol. The fourth-order valence-corrected chi connectivity index (χ4v) is 1.81. The van der Waals surface area contributed by atoms with Crippen molar-refractivity contribution in [2.45, 2.75) is 32.4 Å². The molecule has 0 aliphatic heterocycles. The molecule has 104 valence electrons. The third kappa shape index (κ3) is 3.30. The van der Waals surface area contributed by atoms with Crippen LogP contribution in [0.15, 0.2) is 30.6 Å². The van der Waals surface area contributed by atoms with Gasteiger partial charge in [0.25, 0.3) is 0 Å². The maximum absolute atomic E-state index is 13.5. The van der Waals surface area contributed by atoms with Crippen LogP contribution in [0, 0.1) is 12.7 Å². The highest BCUT2D eigenvalue weighted by atomic mass is 19.1. The maximum Gasteiger partial charge on any atom is 0.238 e. The van der Waals surface area contributed by atoms with E-state index in [9.17, 15) is 4.39 Å². The number of nitrogens with one attached hydrogen (secondary N) is 1. The summed E-state index contributed by atoms with van der Waals surface area (Å²) in [7, 11) is 0. The first-order valence-electron chi connectivity index (χ1n) is 6.69. The Morgan fingerprint density at radius 2 is 2.20 bits per heavy atom. The van der Waals surface area contributed by atoms with Gasteiger partial charge in [-0.25, -0.2) is 9.37 Å². The van der Waals surface area contributed by atoms with Crippen LogP contribution in [-0.4, -0.2) is 16.0 Å². The Balaban J connectivity index is 1.69. The molecule has 0 bridgehead atoms. The van der Waals surface area contributed by atoms with Crippen LogP contribution in [0.2, 0.25) is 0 Å². The molecular formula is C15H16FN3O. The summed E-state index contributed by atoms with van der Waals surface area (Å²) in [6.45, 7) is 2.39. The van der Waals surface area contributed by atoms with Crippen LogP contribution in [0.3, 0.4) is 0 Å². The molecule has 20 heavy (non-hydrogen) atoms. The number of halogens is 1. The summed E-state index contributed by atoms with van der Waals surface area (Å²) in [4.78, 5) is 8.45. The number of nitrogens with zero attached hydrogens (tertiary/aromatic N) is 2. The summed E-state index contributed by atoms with van der Waals surface area (Å²) < 4.78 is 19.0. The normalized spacial score (nSPS) is 14.3.